The minimum absolute atomic E-state index is 0.577. The number of aromatic nitrogens is 3. The van der Waals surface area contributed by atoms with E-state index in [1.807, 2.05) is 78.9 Å². The molecule has 12 rings (SSSR count). The van der Waals surface area contributed by atoms with Crippen LogP contribution < -0.4 is 0 Å². The van der Waals surface area contributed by atoms with Crippen LogP contribution in [0, 0.1) is 11.3 Å². The monoisotopic (exact) mass is 802 g/mol. The van der Waals surface area contributed by atoms with Crippen molar-refractivity contribution < 1.29 is 4.42 Å². The number of nitriles is 1. The van der Waals surface area contributed by atoms with Crippen molar-refractivity contribution in [3.63, 3.8) is 0 Å². The molecule has 0 amide bonds. The molecule has 0 aliphatic carbocycles. The highest BCUT2D eigenvalue weighted by Gasteiger charge is 2.17. The Bertz CT molecular complexity index is 3810. The lowest BCUT2D eigenvalue weighted by atomic mass is 9.87. The van der Waals surface area contributed by atoms with E-state index < -0.39 is 0 Å². The standard InChI is InChI=1S/C58H34N4O/c59-35-36-24-26-37(27-25-36)50-33-52-47-21-7-5-19-45(47)51(34-53(52)46-20-6-4-18-44(46)50)41-16-10-14-39(30-41)40-15-11-17-42(31-40)57-60-56(38-12-2-1-3-13-38)61-58(62-57)43-28-29-49-48-22-8-9-23-54(48)63-55(49)32-43/h1-34H. The van der Waals surface area contributed by atoms with Gasteiger partial charge in [-0.25, -0.2) is 15.0 Å². The molecule has 0 aliphatic rings. The Morgan fingerprint density at radius 3 is 1.41 bits per heavy atom. The van der Waals surface area contributed by atoms with Crippen LogP contribution in [0.25, 0.3) is 122 Å². The summed E-state index contributed by atoms with van der Waals surface area (Å²) < 4.78 is 6.26. The zero-order valence-corrected chi connectivity index (χ0v) is 33.8. The van der Waals surface area contributed by atoms with Crippen molar-refractivity contribution in [2.75, 3.05) is 0 Å². The van der Waals surface area contributed by atoms with Gasteiger partial charge >= 0.3 is 0 Å². The maximum absolute atomic E-state index is 9.46. The first kappa shape index (κ1) is 36.2. The molecule has 0 saturated carbocycles. The highest BCUT2D eigenvalue weighted by molar-refractivity contribution is 6.24. The zero-order valence-electron chi connectivity index (χ0n) is 33.8. The van der Waals surface area contributed by atoms with Crippen molar-refractivity contribution in [3.05, 3.63) is 212 Å². The maximum Gasteiger partial charge on any atom is 0.164 e. The van der Waals surface area contributed by atoms with Crippen LogP contribution in [-0.2, 0) is 0 Å². The lowest BCUT2D eigenvalue weighted by Gasteiger charge is -2.16. The first-order valence-corrected chi connectivity index (χ1v) is 21.0. The molecule has 0 spiro atoms. The normalized spacial score (nSPS) is 11.5. The van der Waals surface area contributed by atoms with Gasteiger partial charge in [0, 0.05) is 27.5 Å². The van der Waals surface area contributed by atoms with Crippen molar-refractivity contribution >= 4 is 54.3 Å². The van der Waals surface area contributed by atoms with E-state index in [2.05, 4.69) is 133 Å². The van der Waals surface area contributed by atoms with Gasteiger partial charge in [0.15, 0.2) is 17.5 Å². The minimum Gasteiger partial charge on any atom is -0.456 e. The average molecular weight is 803 g/mol. The molecule has 0 fully saturated rings. The molecule has 2 aromatic heterocycles. The van der Waals surface area contributed by atoms with E-state index >= 15 is 0 Å². The molecule has 0 N–H and O–H groups in total. The Balaban J connectivity index is 0.974. The first-order valence-electron chi connectivity index (χ1n) is 21.0. The summed E-state index contributed by atoms with van der Waals surface area (Å²) >= 11 is 0. The zero-order chi connectivity index (χ0) is 41.9. The van der Waals surface area contributed by atoms with Crippen LogP contribution in [0.2, 0.25) is 0 Å². The van der Waals surface area contributed by atoms with Crippen LogP contribution in [0.3, 0.4) is 0 Å². The van der Waals surface area contributed by atoms with Crippen LogP contribution in [0.1, 0.15) is 5.56 Å². The van der Waals surface area contributed by atoms with Crippen molar-refractivity contribution in [2.45, 2.75) is 0 Å². The second kappa shape index (κ2) is 14.8. The van der Waals surface area contributed by atoms with Gasteiger partial charge in [-0.1, -0.05) is 152 Å². The number of furan rings is 1. The van der Waals surface area contributed by atoms with E-state index in [4.69, 9.17) is 19.4 Å². The number of benzene rings is 10. The third-order valence-corrected chi connectivity index (χ3v) is 12.1. The maximum atomic E-state index is 9.46. The van der Waals surface area contributed by atoms with Gasteiger partial charge in [0.2, 0.25) is 0 Å². The Kier molecular flexibility index (Phi) is 8.48. The Morgan fingerprint density at radius 2 is 0.762 bits per heavy atom. The van der Waals surface area contributed by atoms with Gasteiger partial charge in [0.1, 0.15) is 11.2 Å². The second-order valence-electron chi connectivity index (χ2n) is 15.9. The van der Waals surface area contributed by atoms with Crippen LogP contribution >= 0.6 is 0 Å². The summed E-state index contributed by atoms with van der Waals surface area (Å²) in [7, 11) is 0. The van der Waals surface area contributed by atoms with Gasteiger partial charge in [-0.2, -0.15) is 5.26 Å². The molecule has 63 heavy (non-hydrogen) atoms. The third-order valence-electron chi connectivity index (χ3n) is 12.1. The van der Waals surface area contributed by atoms with Gasteiger partial charge in [-0.15, -0.1) is 0 Å². The Hall–Kier alpha value is -8.72. The molecule has 2 heterocycles. The number of rotatable bonds is 6. The molecule has 0 radical (unpaired) electrons. The molecule has 292 valence electrons. The molecule has 0 saturated heterocycles. The lowest BCUT2D eigenvalue weighted by molar-refractivity contribution is 0.669. The summed E-state index contributed by atoms with van der Waals surface area (Å²) in [6, 6.07) is 73.8. The van der Waals surface area contributed by atoms with E-state index in [9.17, 15) is 5.26 Å². The molecule has 5 heteroatoms. The van der Waals surface area contributed by atoms with Crippen molar-refractivity contribution in [3.8, 4) is 73.6 Å². The molecule has 0 bridgehead atoms. The van der Waals surface area contributed by atoms with Crippen LogP contribution in [0.5, 0.6) is 0 Å². The molecular weight excluding hydrogens is 769 g/mol. The summed E-state index contributed by atoms with van der Waals surface area (Å²) in [5, 5.41) is 18.7. The van der Waals surface area contributed by atoms with Crippen molar-refractivity contribution in [2.24, 2.45) is 0 Å². The number of fused-ring (bicyclic) bond motifs is 8. The molecule has 12 aromatic rings. The second-order valence-corrected chi connectivity index (χ2v) is 15.9. The van der Waals surface area contributed by atoms with Gasteiger partial charge < -0.3 is 4.42 Å². The van der Waals surface area contributed by atoms with Gasteiger partial charge in [-0.3, -0.25) is 0 Å². The van der Waals surface area contributed by atoms with Gasteiger partial charge in [-0.05, 0) is 120 Å². The summed E-state index contributed by atoms with van der Waals surface area (Å²) in [5.41, 5.74) is 11.6. The predicted molar refractivity (Wildman–Crippen MR) is 257 cm³/mol. The summed E-state index contributed by atoms with van der Waals surface area (Å²) in [4.78, 5) is 15.2. The fourth-order valence-electron chi connectivity index (χ4n) is 9.07. The van der Waals surface area contributed by atoms with E-state index in [0.29, 0.717) is 23.0 Å². The number of nitrogens with zero attached hydrogens (tertiary/aromatic N) is 4. The van der Waals surface area contributed by atoms with E-state index in [1.165, 1.54) is 37.9 Å². The van der Waals surface area contributed by atoms with Crippen LogP contribution in [-0.4, -0.2) is 15.0 Å². The van der Waals surface area contributed by atoms with Crippen LogP contribution in [0.4, 0.5) is 0 Å². The molecule has 0 aliphatic heterocycles. The largest absolute Gasteiger partial charge is 0.456 e. The SMILES string of the molecule is N#Cc1ccc(-c2cc3c4ccccc4c(-c4cccc(-c5cccc(-c6nc(-c7ccccc7)nc(-c7ccc8c(c7)oc7ccccc78)n6)c5)c4)cc3c3ccccc23)cc1. The summed E-state index contributed by atoms with van der Waals surface area (Å²) in [6.07, 6.45) is 0. The van der Waals surface area contributed by atoms with Crippen LogP contribution in [0.15, 0.2) is 211 Å². The predicted octanol–water partition coefficient (Wildman–Crippen LogP) is 15.1. The van der Waals surface area contributed by atoms with Gasteiger partial charge in [0.05, 0.1) is 11.6 Å². The Labute approximate surface area is 362 Å². The van der Waals surface area contributed by atoms with E-state index in [1.54, 1.807) is 0 Å². The highest BCUT2D eigenvalue weighted by atomic mass is 16.3. The lowest BCUT2D eigenvalue weighted by Crippen LogP contribution is -2.00. The molecule has 0 atom stereocenters. The average Bonchev–Trinajstić information content (AvgIpc) is 3.74. The number of hydrogen-bond donors (Lipinski definition) is 0. The summed E-state index contributed by atoms with van der Waals surface area (Å²) in [5.74, 6) is 1.77. The fourth-order valence-corrected chi connectivity index (χ4v) is 9.07. The van der Waals surface area contributed by atoms with Gasteiger partial charge in [0.25, 0.3) is 0 Å². The van der Waals surface area contributed by atoms with E-state index in [0.717, 1.165) is 66.4 Å². The van der Waals surface area contributed by atoms with Crippen molar-refractivity contribution in [1.82, 2.24) is 15.0 Å². The highest BCUT2D eigenvalue weighted by Crippen LogP contribution is 2.43. The molecule has 0 unspecified atom stereocenters. The van der Waals surface area contributed by atoms with E-state index in [-0.39, 0.29) is 0 Å². The molecule has 10 aromatic carbocycles. The first-order chi connectivity index (χ1) is 31.1. The Morgan fingerprint density at radius 1 is 0.302 bits per heavy atom. The topological polar surface area (TPSA) is 75.6 Å². The molecular formula is C58H34N4O. The third kappa shape index (κ3) is 6.29. The minimum atomic E-state index is 0.577. The van der Waals surface area contributed by atoms with Crippen molar-refractivity contribution in [1.29, 1.82) is 5.26 Å². The molecule has 5 nitrogen and oxygen atoms in total. The number of para-hydroxylation sites is 1. The summed E-state index contributed by atoms with van der Waals surface area (Å²) in [6.45, 7) is 0. The fraction of sp³-hybridized carbons (Fsp3) is 0. The number of hydrogen-bond acceptors (Lipinski definition) is 5. The quantitative estimate of drug-likeness (QED) is 0.157. The smallest absolute Gasteiger partial charge is 0.164 e.